The summed E-state index contributed by atoms with van der Waals surface area (Å²) in [5.41, 5.74) is 2.17. The molecular weight excluding hydrogens is 198 g/mol. The van der Waals surface area contributed by atoms with Crippen molar-refractivity contribution in [2.75, 3.05) is 7.05 Å². The standard InChI is InChI=1S/C10H12ClN3/c1-7-13-10(11)9-8(6-12-2)4-3-5-14(7)9/h3-5,12H,6H2,1-2H3. The molecule has 2 rings (SSSR count). The monoisotopic (exact) mass is 209 g/mol. The highest BCUT2D eigenvalue weighted by Gasteiger charge is 2.09. The molecule has 14 heavy (non-hydrogen) atoms. The third kappa shape index (κ3) is 1.38. The summed E-state index contributed by atoms with van der Waals surface area (Å²) in [6.45, 7) is 2.75. The molecule has 0 spiro atoms. The lowest BCUT2D eigenvalue weighted by atomic mass is 10.2. The second kappa shape index (κ2) is 3.59. The first-order valence-corrected chi connectivity index (χ1v) is 4.88. The summed E-state index contributed by atoms with van der Waals surface area (Å²) in [7, 11) is 1.92. The van der Waals surface area contributed by atoms with Crippen LogP contribution in [-0.2, 0) is 6.54 Å². The number of nitrogens with zero attached hydrogens (tertiary/aromatic N) is 2. The van der Waals surface area contributed by atoms with Crippen LogP contribution in [0, 0.1) is 6.92 Å². The number of fused-ring (bicyclic) bond motifs is 1. The number of aryl methyl sites for hydroxylation is 1. The lowest BCUT2D eigenvalue weighted by Crippen LogP contribution is -2.06. The summed E-state index contributed by atoms with van der Waals surface area (Å²) in [5, 5.41) is 3.69. The van der Waals surface area contributed by atoms with E-state index in [-0.39, 0.29) is 0 Å². The van der Waals surface area contributed by atoms with E-state index in [0.717, 1.165) is 17.9 Å². The third-order valence-electron chi connectivity index (χ3n) is 2.25. The van der Waals surface area contributed by atoms with Crippen molar-refractivity contribution >= 4 is 17.1 Å². The van der Waals surface area contributed by atoms with E-state index >= 15 is 0 Å². The maximum atomic E-state index is 6.06. The maximum absolute atomic E-state index is 6.06. The highest BCUT2D eigenvalue weighted by Crippen LogP contribution is 2.21. The molecule has 0 unspecified atom stereocenters. The van der Waals surface area contributed by atoms with Crippen LogP contribution in [-0.4, -0.2) is 16.4 Å². The van der Waals surface area contributed by atoms with Crippen LogP contribution in [0.15, 0.2) is 18.3 Å². The van der Waals surface area contributed by atoms with Gasteiger partial charge in [0.05, 0.1) is 5.52 Å². The van der Waals surface area contributed by atoms with Gasteiger partial charge >= 0.3 is 0 Å². The van der Waals surface area contributed by atoms with E-state index in [1.165, 1.54) is 5.56 Å². The SMILES string of the molecule is CNCc1cccn2c(C)nc(Cl)c12. The smallest absolute Gasteiger partial charge is 0.155 e. The van der Waals surface area contributed by atoms with Gasteiger partial charge in [-0.1, -0.05) is 17.7 Å². The number of hydrogen-bond acceptors (Lipinski definition) is 2. The Bertz CT molecular complexity index is 462. The Morgan fingerprint density at radius 3 is 3.07 bits per heavy atom. The van der Waals surface area contributed by atoms with Gasteiger partial charge in [-0.3, -0.25) is 0 Å². The first kappa shape index (κ1) is 9.49. The zero-order valence-electron chi connectivity index (χ0n) is 8.21. The molecule has 0 amide bonds. The molecule has 0 atom stereocenters. The molecule has 2 aromatic heterocycles. The Morgan fingerprint density at radius 2 is 2.36 bits per heavy atom. The van der Waals surface area contributed by atoms with Crippen LogP contribution in [0.3, 0.4) is 0 Å². The molecule has 0 aliphatic rings. The van der Waals surface area contributed by atoms with Gasteiger partial charge in [0.2, 0.25) is 0 Å². The van der Waals surface area contributed by atoms with Crippen molar-refractivity contribution in [2.24, 2.45) is 0 Å². The van der Waals surface area contributed by atoms with Crippen molar-refractivity contribution in [3.8, 4) is 0 Å². The van der Waals surface area contributed by atoms with Crippen LogP contribution in [0.2, 0.25) is 5.15 Å². The highest BCUT2D eigenvalue weighted by atomic mass is 35.5. The molecule has 4 heteroatoms. The lowest BCUT2D eigenvalue weighted by molar-refractivity contribution is 0.818. The fourth-order valence-electron chi connectivity index (χ4n) is 1.64. The minimum Gasteiger partial charge on any atom is -0.316 e. The topological polar surface area (TPSA) is 29.3 Å². The van der Waals surface area contributed by atoms with Gasteiger partial charge in [0.1, 0.15) is 5.82 Å². The van der Waals surface area contributed by atoms with Gasteiger partial charge in [0.25, 0.3) is 0 Å². The Labute approximate surface area is 87.7 Å². The first-order valence-electron chi connectivity index (χ1n) is 4.50. The van der Waals surface area contributed by atoms with Gasteiger partial charge in [0, 0.05) is 12.7 Å². The molecule has 0 bridgehead atoms. The van der Waals surface area contributed by atoms with Crippen LogP contribution < -0.4 is 5.32 Å². The molecule has 0 aromatic carbocycles. The van der Waals surface area contributed by atoms with E-state index < -0.39 is 0 Å². The normalized spacial score (nSPS) is 11.1. The Hall–Kier alpha value is -1.06. The Balaban J connectivity index is 2.72. The summed E-state index contributed by atoms with van der Waals surface area (Å²) in [5.74, 6) is 0.919. The van der Waals surface area contributed by atoms with Gasteiger partial charge in [-0.05, 0) is 25.6 Å². The number of rotatable bonds is 2. The van der Waals surface area contributed by atoms with Crippen molar-refractivity contribution < 1.29 is 0 Å². The maximum Gasteiger partial charge on any atom is 0.155 e. The van der Waals surface area contributed by atoms with Crippen molar-refractivity contribution in [3.05, 3.63) is 34.9 Å². The van der Waals surface area contributed by atoms with Crippen LogP contribution >= 0.6 is 11.6 Å². The van der Waals surface area contributed by atoms with E-state index in [1.807, 2.05) is 30.6 Å². The predicted octanol–water partition coefficient (Wildman–Crippen LogP) is 2.02. The molecule has 1 N–H and O–H groups in total. The molecule has 2 aromatic rings. The number of halogens is 1. The average molecular weight is 210 g/mol. The van der Waals surface area contributed by atoms with E-state index in [2.05, 4.69) is 16.4 Å². The van der Waals surface area contributed by atoms with Crippen molar-refractivity contribution in [2.45, 2.75) is 13.5 Å². The zero-order valence-corrected chi connectivity index (χ0v) is 8.97. The van der Waals surface area contributed by atoms with Gasteiger partial charge in [-0.2, -0.15) is 0 Å². The van der Waals surface area contributed by atoms with Crippen molar-refractivity contribution in [3.63, 3.8) is 0 Å². The van der Waals surface area contributed by atoms with E-state index in [0.29, 0.717) is 5.15 Å². The van der Waals surface area contributed by atoms with Gasteiger partial charge in [0.15, 0.2) is 5.15 Å². The molecule has 0 aliphatic carbocycles. The van der Waals surface area contributed by atoms with Crippen LogP contribution in [0.25, 0.3) is 5.52 Å². The molecular formula is C10H12ClN3. The number of aromatic nitrogens is 2. The Morgan fingerprint density at radius 1 is 1.57 bits per heavy atom. The molecule has 0 aliphatic heterocycles. The molecule has 2 heterocycles. The molecule has 74 valence electrons. The van der Waals surface area contributed by atoms with Gasteiger partial charge in [-0.25, -0.2) is 4.98 Å². The number of imidazole rings is 1. The quantitative estimate of drug-likeness (QED) is 0.820. The molecule has 0 radical (unpaired) electrons. The van der Waals surface area contributed by atoms with Crippen molar-refractivity contribution in [1.29, 1.82) is 0 Å². The van der Waals surface area contributed by atoms with Gasteiger partial charge in [-0.15, -0.1) is 0 Å². The van der Waals surface area contributed by atoms with E-state index in [1.54, 1.807) is 0 Å². The minimum atomic E-state index is 0.577. The number of hydrogen-bond donors (Lipinski definition) is 1. The summed E-state index contributed by atoms with van der Waals surface area (Å²) >= 11 is 6.06. The minimum absolute atomic E-state index is 0.577. The fourth-order valence-corrected chi connectivity index (χ4v) is 1.97. The zero-order chi connectivity index (χ0) is 10.1. The molecule has 0 fully saturated rings. The average Bonchev–Trinajstić information content (AvgIpc) is 2.44. The summed E-state index contributed by atoms with van der Waals surface area (Å²) in [4.78, 5) is 4.23. The molecule has 0 saturated heterocycles. The highest BCUT2D eigenvalue weighted by molar-refractivity contribution is 6.32. The second-order valence-electron chi connectivity index (χ2n) is 3.23. The summed E-state index contributed by atoms with van der Waals surface area (Å²) < 4.78 is 2.01. The van der Waals surface area contributed by atoms with Crippen LogP contribution in [0.4, 0.5) is 0 Å². The second-order valence-corrected chi connectivity index (χ2v) is 3.59. The van der Waals surface area contributed by atoms with E-state index in [9.17, 15) is 0 Å². The summed E-state index contributed by atoms with van der Waals surface area (Å²) in [6, 6.07) is 4.06. The van der Waals surface area contributed by atoms with Crippen LogP contribution in [0.1, 0.15) is 11.4 Å². The fraction of sp³-hybridized carbons (Fsp3) is 0.300. The summed E-state index contributed by atoms with van der Waals surface area (Å²) in [6.07, 6.45) is 1.97. The first-order chi connectivity index (χ1) is 6.74. The number of pyridine rings is 1. The molecule has 3 nitrogen and oxygen atoms in total. The molecule has 0 saturated carbocycles. The largest absolute Gasteiger partial charge is 0.316 e. The lowest BCUT2D eigenvalue weighted by Gasteiger charge is -2.03. The van der Waals surface area contributed by atoms with Crippen LogP contribution in [0.5, 0.6) is 0 Å². The van der Waals surface area contributed by atoms with E-state index in [4.69, 9.17) is 11.6 Å². The number of nitrogens with one attached hydrogen (secondary N) is 1. The Kier molecular flexibility index (Phi) is 2.44. The predicted molar refractivity (Wildman–Crippen MR) is 57.7 cm³/mol. The third-order valence-corrected chi connectivity index (χ3v) is 2.51. The van der Waals surface area contributed by atoms with Gasteiger partial charge < -0.3 is 9.72 Å². The van der Waals surface area contributed by atoms with Crippen molar-refractivity contribution in [1.82, 2.24) is 14.7 Å².